The predicted molar refractivity (Wildman–Crippen MR) is 85.3 cm³/mol. The van der Waals surface area contributed by atoms with Crippen LogP contribution < -0.4 is 0 Å². The molecule has 1 heterocycles. The zero-order valence-electron chi connectivity index (χ0n) is 14.3. The van der Waals surface area contributed by atoms with E-state index in [1.807, 2.05) is 0 Å². The lowest BCUT2D eigenvalue weighted by molar-refractivity contribution is 0.127. The molecule has 0 aliphatic heterocycles. The van der Waals surface area contributed by atoms with Gasteiger partial charge in [0.2, 0.25) is 0 Å². The third kappa shape index (κ3) is 1.87. The number of hydrogen-bond acceptors (Lipinski definition) is 2. The fourth-order valence-electron chi connectivity index (χ4n) is 2.50. The molecule has 1 aromatic carbocycles. The van der Waals surface area contributed by atoms with Crippen molar-refractivity contribution in [2.45, 2.75) is 67.9 Å². The number of benzene rings is 1. The summed E-state index contributed by atoms with van der Waals surface area (Å²) in [6.45, 7) is 19.9. The fourth-order valence-corrected chi connectivity index (χ4v) is 2.50. The lowest BCUT2D eigenvalue weighted by atomic mass is 9.76. The van der Waals surface area contributed by atoms with Gasteiger partial charge in [-0.2, -0.15) is 0 Å². The van der Waals surface area contributed by atoms with E-state index in [2.05, 4.69) is 77.3 Å². The first-order chi connectivity index (χ1) is 9.00. The van der Waals surface area contributed by atoms with Gasteiger partial charge in [0.05, 0.1) is 11.1 Å². The Balaban J connectivity index is 2.89. The van der Waals surface area contributed by atoms with Crippen molar-refractivity contribution in [3.63, 3.8) is 0 Å². The Morgan fingerprint density at radius 1 is 0.750 bits per heavy atom. The minimum Gasteiger partial charge on any atom is -0.238 e. The van der Waals surface area contributed by atoms with Crippen molar-refractivity contribution in [3.8, 4) is 0 Å². The normalized spacial score (nSPS) is 13.2. The van der Waals surface area contributed by atoms with Crippen LogP contribution in [0.4, 0.5) is 0 Å². The van der Waals surface area contributed by atoms with Crippen molar-refractivity contribution in [1.29, 1.82) is 0 Å². The van der Waals surface area contributed by atoms with Gasteiger partial charge in [-0.05, 0) is 69.2 Å². The Kier molecular flexibility index (Phi) is 3.23. The minimum absolute atomic E-state index is 0.0966. The molecule has 0 N–H and O–H groups in total. The summed E-state index contributed by atoms with van der Waals surface area (Å²) in [5, 5.41) is 8.98. The van der Waals surface area contributed by atoms with E-state index < -0.39 is 0 Å². The second-order valence-corrected chi connectivity index (χ2v) is 7.51. The summed E-state index contributed by atoms with van der Waals surface area (Å²) in [7, 11) is 0. The summed E-state index contributed by atoms with van der Waals surface area (Å²) < 4.78 is 2.12. The van der Waals surface area contributed by atoms with Crippen molar-refractivity contribution in [1.82, 2.24) is 15.0 Å². The molecule has 0 spiro atoms. The first kappa shape index (κ1) is 15.0. The molecule has 0 unspecified atom stereocenters. The van der Waals surface area contributed by atoms with E-state index in [9.17, 15) is 0 Å². The zero-order chi connectivity index (χ0) is 15.5. The molecule has 0 aliphatic rings. The van der Waals surface area contributed by atoms with Crippen LogP contribution in [0.2, 0.25) is 0 Å². The molecule has 0 bridgehead atoms. The van der Waals surface area contributed by atoms with Gasteiger partial charge in [-0.25, -0.2) is 4.68 Å². The number of hydrogen-bond donors (Lipinski definition) is 0. The number of fused-ring (bicyclic) bond motifs is 1. The Hall–Kier alpha value is -1.38. The van der Waals surface area contributed by atoms with E-state index in [0.29, 0.717) is 0 Å². The van der Waals surface area contributed by atoms with Crippen LogP contribution in [0.1, 0.15) is 56.9 Å². The van der Waals surface area contributed by atoms with Gasteiger partial charge in [0, 0.05) is 0 Å². The van der Waals surface area contributed by atoms with Gasteiger partial charge in [0.15, 0.2) is 0 Å². The molecule has 0 saturated carbocycles. The van der Waals surface area contributed by atoms with Gasteiger partial charge < -0.3 is 0 Å². The summed E-state index contributed by atoms with van der Waals surface area (Å²) in [4.78, 5) is 0. The molecule has 0 saturated heterocycles. The first-order valence-corrected chi connectivity index (χ1v) is 7.32. The summed E-state index contributed by atoms with van der Waals surface area (Å²) in [6, 6.07) is 0. The van der Waals surface area contributed by atoms with Crippen molar-refractivity contribution in [3.05, 3.63) is 22.3 Å². The van der Waals surface area contributed by atoms with E-state index in [1.165, 1.54) is 27.8 Å². The fraction of sp³-hybridized carbons (Fsp3) is 0.647. The molecule has 20 heavy (non-hydrogen) atoms. The van der Waals surface area contributed by atoms with Gasteiger partial charge in [-0.15, -0.1) is 5.10 Å². The van der Waals surface area contributed by atoms with Crippen LogP contribution in [-0.4, -0.2) is 15.0 Å². The van der Waals surface area contributed by atoms with Crippen LogP contribution >= 0.6 is 0 Å². The summed E-state index contributed by atoms with van der Waals surface area (Å²) in [6.07, 6.45) is 0. The highest BCUT2D eigenvalue weighted by Crippen LogP contribution is 2.39. The predicted octanol–water partition coefficient (Wildman–Crippen LogP) is 4.45. The number of nitrogens with zero attached hydrogens (tertiary/aromatic N) is 3. The van der Waals surface area contributed by atoms with Crippen LogP contribution in [0.25, 0.3) is 11.0 Å². The molecule has 0 amide bonds. The summed E-state index contributed by atoms with van der Waals surface area (Å²) in [5.41, 5.74) is 7.46. The van der Waals surface area contributed by atoms with Crippen molar-refractivity contribution in [2.75, 3.05) is 0 Å². The summed E-state index contributed by atoms with van der Waals surface area (Å²) >= 11 is 0. The largest absolute Gasteiger partial charge is 0.238 e. The van der Waals surface area contributed by atoms with Crippen LogP contribution in [0.5, 0.6) is 0 Å². The highest BCUT2D eigenvalue weighted by Gasteiger charge is 2.37. The Bertz CT molecular complexity index is 670. The molecule has 0 atom stereocenters. The van der Waals surface area contributed by atoms with E-state index in [1.54, 1.807) is 0 Å². The monoisotopic (exact) mass is 273 g/mol. The molecule has 3 nitrogen and oxygen atoms in total. The lowest BCUT2D eigenvalue weighted by Crippen LogP contribution is -2.40. The van der Waals surface area contributed by atoms with Crippen LogP contribution in [-0.2, 0) is 5.54 Å². The van der Waals surface area contributed by atoms with E-state index in [0.717, 1.165) is 5.52 Å². The van der Waals surface area contributed by atoms with Crippen LogP contribution in [0.15, 0.2) is 0 Å². The van der Waals surface area contributed by atoms with Gasteiger partial charge >= 0.3 is 0 Å². The highest BCUT2D eigenvalue weighted by molar-refractivity contribution is 5.84. The second kappa shape index (κ2) is 4.31. The standard InChI is InChI=1S/C17H27N3/c1-10-11(2)13(4)15-14(12(10)3)18-19-20(15)17(8,9)16(5,6)7/h1-9H3. The molecule has 1 aromatic heterocycles. The molecule has 0 aliphatic carbocycles. The van der Waals surface area contributed by atoms with E-state index in [-0.39, 0.29) is 11.0 Å². The third-order valence-corrected chi connectivity index (χ3v) is 5.43. The Morgan fingerprint density at radius 3 is 1.75 bits per heavy atom. The highest BCUT2D eigenvalue weighted by atomic mass is 15.5. The quantitative estimate of drug-likeness (QED) is 0.768. The third-order valence-electron chi connectivity index (χ3n) is 5.43. The Labute approximate surface area is 122 Å². The maximum Gasteiger partial charge on any atom is 0.116 e. The van der Waals surface area contributed by atoms with Crippen molar-refractivity contribution in [2.24, 2.45) is 5.41 Å². The molecule has 0 fully saturated rings. The minimum atomic E-state index is -0.0966. The molecule has 2 aromatic rings. The molecule has 110 valence electrons. The van der Waals surface area contributed by atoms with E-state index in [4.69, 9.17) is 0 Å². The van der Waals surface area contributed by atoms with Gasteiger partial charge in [0.1, 0.15) is 5.52 Å². The molecular formula is C17H27N3. The number of aromatic nitrogens is 3. The Morgan fingerprint density at radius 2 is 1.25 bits per heavy atom. The van der Waals surface area contributed by atoms with Gasteiger partial charge in [-0.3, -0.25) is 0 Å². The smallest absolute Gasteiger partial charge is 0.116 e. The maximum atomic E-state index is 4.50. The topological polar surface area (TPSA) is 30.7 Å². The maximum absolute atomic E-state index is 4.50. The first-order valence-electron chi connectivity index (χ1n) is 7.32. The zero-order valence-corrected chi connectivity index (χ0v) is 14.3. The molecular weight excluding hydrogens is 246 g/mol. The van der Waals surface area contributed by atoms with Crippen LogP contribution in [0.3, 0.4) is 0 Å². The number of aryl methyl sites for hydroxylation is 2. The molecule has 2 rings (SSSR count). The number of rotatable bonds is 1. The summed E-state index contributed by atoms with van der Waals surface area (Å²) in [5.74, 6) is 0. The SMILES string of the molecule is Cc1c(C)c(C)c2c(nnn2C(C)(C)C(C)(C)C)c1C. The van der Waals surface area contributed by atoms with Gasteiger partial charge in [0.25, 0.3) is 0 Å². The average molecular weight is 273 g/mol. The van der Waals surface area contributed by atoms with Crippen molar-refractivity contribution >= 4 is 11.0 Å². The molecule has 3 heteroatoms. The van der Waals surface area contributed by atoms with E-state index >= 15 is 0 Å². The molecule has 0 radical (unpaired) electrons. The van der Waals surface area contributed by atoms with Crippen molar-refractivity contribution < 1.29 is 0 Å². The van der Waals surface area contributed by atoms with Gasteiger partial charge in [-0.1, -0.05) is 26.0 Å². The lowest BCUT2D eigenvalue weighted by Gasteiger charge is -2.39. The second-order valence-electron chi connectivity index (χ2n) is 7.51. The average Bonchev–Trinajstić information content (AvgIpc) is 2.77. The van der Waals surface area contributed by atoms with Crippen LogP contribution in [0, 0.1) is 33.1 Å².